The maximum atomic E-state index is 13.3. The van der Waals surface area contributed by atoms with E-state index in [0.717, 1.165) is 9.87 Å². The first-order valence-electron chi connectivity index (χ1n) is 11.4. The third-order valence-corrected chi connectivity index (χ3v) is 7.94. The largest absolute Gasteiger partial charge is 0.486 e. The molecule has 2 aliphatic rings. The van der Waals surface area contributed by atoms with Crippen LogP contribution < -0.4 is 20.5 Å². The van der Waals surface area contributed by atoms with E-state index in [2.05, 4.69) is 5.32 Å². The summed E-state index contributed by atoms with van der Waals surface area (Å²) >= 11 is 0. The highest BCUT2D eigenvalue weighted by Gasteiger charge is 2.29. The number of hydrogen-bond acceptors (Lipinski definition) is 7. The fraction of sp³-hybridized carbons (Fsp3) is 0.417. The smallest absolute Gasteiger partial charge is 0.253 e. The van der Waals surface area contributed by atoms with Crippen molar-refractivity contribution in [2.24, 2.45) is 11.7 Å². The van der Waals surface area contributed by atoms with Crippen LogP contribution in [0.4, 0.5) is 5.69 Å². The number of benzene rings is 2. The zero-order chi connectivity index (χ0) is 25.2. The van der Waals surface area contributed by atoms with Crippen LogP contribution in [0.25, 0.3) is 0 Å². The number of carbonyl (C=O) groups is 2. The van der Waals surface area contributed by atoms with Gasteiger partial charge < -0.3 is 25.4 Å². The standard InChI is InChI=1S/C24H30N4O6S/c1-27(2)35(31,32)20-12-18(24(30)28-7-3-4-17(15-28)23(25)29)11-19(13-20)26-14-16-5-6-21-22(10-16)34-9-8-33-21/h5-6,10-13,17,26H,3-4,7-9,14-15H2,1-2H3,(H2,25,29). The normalized spacial score (nSPS) is 17.8. The quantitative estimate of drug-likeness (QED) is 0.589. The van der Waals surface area contributed by atoms with Gasteiger partial charge in [0.1, 0.15) is 13.2 Å². The number of carbonyl (C=O) groups excluding carboxylic acids is 2. The summed E-state index contributed by atoms with van der Waals surface area (Å²) in [6.07, 6.45) is 1.29. The van der Waals surface area contributed by atoms with E-state index in [-0.39, 0.29) is 22.9 Å². The Balaban J connectivity index is 1.61. The van der Waals surface area contributed by atoms with Crippen molar-refractivity contribution in [3.63, 3.8) is 0 Å². The predicted molar refractivity (Wildman–Crippen MR) is 130 cm³/mol. The minimum atomic E-state index is -3.79. The molecule has 0 aromatic heterocycles. The number of anilines is 1. The molecule has 3 N–H and O–H groups in total. The van der Waals surface area contributed by atoms with Gasteiger partial charge in [0, 0.05) is 45.0 Å². The van der Waals surface area contributed by atoms with E-state index >= 15 is 0 Å². The van der Waals surface area contributed by atoms with E-state index in [1.807, 2.05) is 18.2 Å². The SMILES string of the molecule is CN(C)S(=O)(=O)c1cc(NCc2ccc3c(c2)OCCO3)cc(C(=O)N2CCCC(C(N)=O)C2)c1. The molecule has 1 fully saturated rings. The second-order valence-electron chi connectivity index (χ2n) is 8.86. The summed E-state index contributed by atoms with van der Waals surface area (Å²) in [4.78, 5) is 26.5. The minimum absolute atomic E-state index is 0.00137. The van der Waals surface area contributed by atoms with Gasteiger partial charge in [0.2, 0.25) is 15.9 Å². The number of ether oxygens (including phenoxy) is 2. The zero-order valence-corrected chi connectivity index (χ0v) is 20.6. The Labute approximate surface area is 205 Å². The topological polar surface area (TPSA) is 131 Å². The molecule has 2 heterocycles. The van der Waals surface area contributed by atoms with E-state index in [4.69, 9.17) is 15.2 Å². The van der Waals surface area contributed by atoms with Crippen LogP contribution in [0.5, 0.6) is 11.5 Å². The second-order valence-corrected chi connectivity index (χ2v) is 11.0. The first kappa shape index (κ1) is 24.8. The number of hydrogen-bond donors (Lipinski definition) is 2. The van der Waals surface area contributed by atoms with E-state index in [1.54, 1.807) is 11.0 Å². The average Bonchev–Trinajstić information content (AvgIpc) is 2.86. The molecule has 0 bridgehead atoms. The van der Waals surface area contributed by atoms with Crippen molar-refractivity contribution < 1.29 is 27.5 Å². The summed E-state index contributed by atoms with van der Waals surface area (Å²) in [7, 11) is -0.916. The Morgan fingerprint density at radius 2 is 1.86 bits per heavy atom. The second kappa shape index (κ2) is 10.1. The van der Waals surface area contributed by atoms with Crippen molar-refractivity contribution >= 4 is 27.5 Å². The molecule has 0 spiro atoms. The first-order valence-corrected chi connectivity index (χ1v) is 12.9. The van der Waals surface area contributed by atoms with E-state index < -0.39 is 21.8 Å². The molecule has 0 saturated carbocycles. The molecule has 4 rings (SSSR count). The molecule has 2 aromatic carbocycles. The third kappa shape index (κ3) is 5.51. The number of nitrogens with one attached hydrogen (secondary N) is 1. The lowest BCUT2D eigenvalue weighted by Gasteiger charge is -2.31. The number of primary amides is 1. The highest BCUT2D eigenvalue weighted by atomic mass is 32.2. The van der Waals surface area contributed by atoms with Crippen LogP contribution in [0.3, 0.4) is 0 Å². The molecular formula is C24H30N4O6S. The minimum Gasteiger partial charge on any atom is -0.486 e. The third-order valence-electron chi connectivity index (χ3n) is 6.15. The van der Waals surface area contributed by atoms with Gasteiger partial charge in [-0.3, -0.25) is 9.59 Å². The predicted octanol–water partition coefficient (Wildman–Crippen LogP) is 1.66. The van der Waals surface area contributed by atoms with Crippen LogP contribution in [0.2, 0.25) is 0 Å². The molecule has 11 heteroatoms. The molecule has 0 aliphatic carbocycles. The number of rotatable bonds is 7. The number of piperidine rings is 1. The monoisotopic (exact) mass is 502 g/mol. The maximum absolute atomic E-state index is 13.3. The fourth-order valence-electron chi connectivity index (χ4n) is 4.16. The number of sulfonamides is 1. The van der Waals surface area contributed by atoms with Crippen LogP contribution in [0.1, 0.15) is 28.8 Å². The van der Waals surface area contributed by atoms with E-state index in [0.29, 0.717) is 56.3 Å². The van der Waals surface area contributed by atoms with Crippen LogP contribution in [0, 0.1) is 5.92 Å². The highest BCUT2D eigenvalue weighted by Crippen LogP contribution is 2.31. The summed E-state index contributed by atoms with van der Waals surface area (Å²) in [6, 6.07) is 10.1. The number of nitrogens with two attached hydrogens (primary N) is 1. The van der Waals surface area contributed by atoms with Gasteiger partial charge in [0.25, 0.3) is 5.91 Å². The van der Waals surface area contributed by atoms with Gasteiger partial charge in [-0.05, 0) is 48.7 Å². The number of amides is 2. The van der Waals surface area contributed by atoms with E-state index in [9.17, 15) is 18.0 Å². The first-order chi connectivity index (χ1) is 16.6. The molecule has 2 aromatic rings. The van der Waals surface area contributed by atoms with Crippen molar-refractivity contribution in [1.29, 1.82) is 0 Å². The molecule has 35 heavy (non-hydrogen) atoms. The summed E-state index contributed by atoms with van der Waals surface area (Å²) in [6.45, 7) is 2.06. The van der Waals surface area contributed by atoms with Crippen molar-refractivity contribution in [3.05, 3.63) is 47.5 Å². The van der Waals surface area contributed by atoms with Crippen LogP contribution in [-0.2, 0) is 21.4 Å². The lowest BCUT2D eigenvalue weighted by molar-refractivity contribution is -0.123. The molecule has 10 nitrogen and oxygen atoms in total. The Hall–Kier alpha value is -3.31. The molecule has 1 atom stereocenters. The van der Waals surface area contributed by atoms with E-state index in [1.165, 1.54) is 26.2 Å². The Morgan fingerprint density at radius 1 is 1.11 bits per heavy atom. The van der Waals surface area contributed by atoms with Crippen molar-refractivity contribution in [1.82, 2.24) is 9.21 Å². The Morgan fingerprint density at radius 3 is 2.57 bits per heavy atom. The van der Waals surface area contributed by atoms with Gasteiger partial charge in [0.05, 0.1) is 10.8 Å². The van der Waals surface area contributed by atoms with Gasteiger partial charge >= 0.3 is 0 Å². The van der Waals surface area contributed by atoms with Crippen molar-refractivity contribution in [2.45, 2.75) is 24.3 Å². The van der Waals surface area contributed by atoms with Crippen LogP contribution in [-0.4, -0.2) is 69.8 Å². The number of nitrogens with zero attached hydrogens (tertiary/aromatic N) is 2. The number of fused-ring (bicyclic) bond motifs is 1. The van der Waals surface area contributed by atoms with Crippen LogP contribution in [0.15, 0.2) is 41.3 Å². The maximum Gasteiger partial charge on any atom is 0.253 e. The molecule has 188 valence electrons. The van der Waals surface area contributed by atoms with Gasteiger partial charge in [-0.15, -0.1) is 0 Å². The summed E-state index contributed by atoms with van der Waals surface area (Å²) in [5, 5.41) is 3.22. The molecule has 2 amide bonds. The van der Waals surface area contributed by atoms with Gasteiger partial charge in [0.15, 0.2) is 11.5 Å². The summed E-state index contributed by atoms with van der Waals surface area (Å²) < 4.78 is 38.1. The lowest BCUT2D eigenvalue weighted by Crippen LogP contribution is -2.44. The highest BCUT2D eigenvalue weighted by molar-refractivity contribution is 7.89. The summed E-state index contributed by atoms with van der Waals surface area (Å²) in [5.74, 6) is 0.156. The van der Waals surface area contributed by atoms with Gasteiger partial charge in [-0.25, -0.2) is 12.7 Å². The molecular weight excluding hydrogens is 472 g/mol. The average molecular weight is 503 g/mol. The molecule has 1 saturated heterocycles. The van der Waals surface area contributed by atoms with Crippen molar-refractivity contribution in [3.8, 4) is 11.5 Å². The van der Waals surface area contributed by atoms with Crippen LogP contribution >= 0.6 is 0 Å². The van der Waals surface area contributed by atoms with Gasteiger partial charge in [-0.1, -0.05) is 6.07 Å². The summed E-state index contributed by atoms with van der Waals surface area (Å²) in [5.41, 5.74) is 7.07. The fourth-order valence-corrected chi connectivity index (χ4v) is 5.14. The zero-order valence-electron chi connectivity index (χ0n) is 19.8. The van der Waals surface area contributed by atoms with Crippen molar-refractivity contribution in [2.75, 3.05) is 45.7 Å². The molecule has 1 unspecified atom stereocenters. The number of likely N-dealkylation sites (tertiary alicyclic amines) is 1. The molecule has 2 aliphatic heterocycles. The Bertz CT molecular complexity index is 1230. The van der Waals surface area contributed by atoms with Gasteiger partial charge in [-0.2, -0.15) is 0 Å². The Kier molecular flexibility index (Phi) is 7.18. The molecule has 0 radical (unpaired) electrons. The lowest BCUT2D eigenvalue weighted by atomic mass is 9.97.